The summed E-state index contributed by atoms with van der Waals surface area (Å²) in [5.74, 6) is -1.41. The minimum Gasteiger partial charge on any atom is -0.382 e. The lowest BCUT2D eigenvalue weighted by molar-refractivity contribution is -0.136. The van der Waals surface area contributed by atoms with Gasteiger partial charge in [-0.15, -0.1) is 0 Å². The van der Waals surface area contributed by atoms with Crippen LogP contribution in [0, 0.1) is 17.2 Å². The van der Waals surface area contributed by atoms with E-state index in [1.54, 1.807) is 12.1 Å². The van der Waals surface area contributed by atoms with Crippen LogP contribution in [0.25, 0.3) is 0 Å². The van der Waals surface area contributed by atoms with Gasteiger partial charge in [0.15, 0.2) is 0 Å². The number of hydrogen-bond acceptors (Lipinski definition) is 9. The van der Waals surface area contributed by atoms with Crippen LogP contribution in [-0.4, -0.2) is 83.6 Å². The zero-order chi connectivity index (χ0) is 38.2. The number of benzene rings is 3. The van der Waals surface area contributed by atoms with Gasteiger partial charge >= 0.3 is 0 Å². The Kier molecular flexibility index (Phi) is 10.3. The van der Waals surface area contributed by atoms with E-state index in [0.717, 1.165) is 98.5 Å². The molecule has 8 rings (SSSR count). The third-order valence-corrected chi connectivity index (χ3v) is 12.3. The monoisotopic (exact) mass is 761 g/mol. The summed E-state index contributed by atoms with van der Waals surface area (Å²) in [4.78, 5) is 69.7. The molecule has 3 aromatic rings. The summed E-state index contributed by atoms with van der Waals surface area (Å²) in [5, 5.41) is 18.6. The molecule has 1 atom stereocenters. The summed E-state index contributed by atoms with van der Waals surface area (Å²) in [6.45, 7) is 4.42. The predicted octanol–water partition coefficient (Wildman–Crippen LogP) is 5.04. The van der Waals surface area contributed by atoms with Crippen molar-refractivity contribution in [3.8, 4) is 6.07 Å². The minimum absolute atomic E-state index is 0.0452. The maximum Gasteiger partial charge on any atom is 0.262 e. The average molecular weight is 762 g/mol. The Morgan fingerprint density at radius 2 is 1.51 bits per heavy atom. The Morgan fingerprint density at radius 1 is 0.818 bits per heavy atom. The van der Waals surface area contributed by atoms with Crippen LogP contribution in [0.3, 0.4) is 0 Å². The highest BCUT2D eigenvalue weighted by molar-refractivity contribution is 6.32. The fourth-order valence-corrected chi connectivity index (χ4v) is 9.11. The largest absolute Gasteiger partial charge is 0.382 e. The van der Waals surface area contributed by atoms with Crippen molar-refractivity contribution in [1.82, 2.24) is 20.4 Å². The molecular weight excluding hydrogens is 718 g/mol. The number of imide groups is 2. The van der Waals surface area contributed by atoms with Crippen LogP contribution in [-0.2, 0) is 22.6 Å². The van der Waals surface area contributed by atoms with Gasteiger partial charge < -0.3 is 15.5 Å². The Morgan fingerprint density at radius 3 is 2.18 bits per heavy atom. The van der Waals surface area contributed by atoms with E-state index >= 15 is 0 Å². The second kappa shape index (κ2) is 15.5. The minimum atomic E-state index is -0.962. The van der Waals surface area contributed by atoms with Gasteiger partial charge in [-0.2, -0.15) is 5.26 Å². The molecule has 1 unspecified atom stereocenters. The first-order valence-electron chi connectivity index (χ1n) is 19.4. The fraction of sp³-hybridized carbons (Fsp3) is 0.429. The summed E-state index contributed by atoms with van der Waals surface area (Å²) in [7, 11) is 0. The Labute approximate surface area is 325 Å². The molecule has 3 N–H and O–H groups in total. The molecular formula is C42H44ClN7O5. The molecule has 284 valence electrons. The molecule has 5 amide bonds. The summed E-state index contributed by atoms with van der Waals surface area (Å²) in [6.07, 6.45) is 6.78. The van der Waals surface area contributed by atoms with E-state index in [9.17, 15) is 24.0 Å². The SMILES string of the molecule is N#Cc1ccc(N[C@H]2CC[C@H](NC(=O)c3ccc(N4CCC(CN5CCc6cc7c(cc6C5)C(=O)N(C5CCC(=O)NC5=O)C7=O)CC4)cc3)CC2)cc1Cl. The molecule has 0 aromatic heterocycles. The highest BCUT2D eigenvalue weighted by Gasteiger charge is 2.45. The average Bonchev–Trinajstić information content (AvgIpc) is 3.42. The van der Waals surface area contributed by atoms with Crippen molar-refractivity contribution >= 4 is 52.5 Å². The van der Waals surface area contributed by atoms with Gasteiger partial charge in [0.2, 0.25) is 11.8 Å². The number of amides is 5. The maximum atomic E-state index is 13.4. The highest BCUT2D eigenvalue weighted by Crippen LogP contribution is 2.33. The standard InChI is InChI=1S/C42H44ClN7O5/c43-36-21-32(4-1-28(36)22-44)45-30-5-7-31(8-6-30)46-39(52)26-2-9-33(10-3-26)49-17-13-25(14-18-49)23-48-16-15-27-19-34-35(20-29(27)24-48)42(55)50(41(34)54)37-11-12-38(51)47-40(37)53/h1-4,9-10,19-21,25,30-31,37,45H,5-8,11-18,23-24H2,(H,46,52)(H,47,51,53)/t30-,31-,37?. The fourth-order valence-electron chi connectivity index (χ4n) is 8.89. The molecule has 1 aliphatic carbocycles. The van der Waals surface area contributed by atoms with Gasteiger partial charge in [0.05, 0.1) is 21.7 Å². The Bertz CT molecular complexity index is 2080. The second-order valence-corrected chi connectivity index (χ2v) is 16.0. The molecule has 0 spiro atoms. The van der Waals surface area contributed by atoms with Crippen LogP contribution >= 0.6 is 11.6 Å². The van der Waals surface area contributed by atoms with Gasteiger partial charge in [0.1, 0.15) is 12.1 Å². The number of piperidine rings is 2. The van der Waals surface area contributed by atoms with Crippen molar-refractivity contribution in [3.05, 3.63) is 93.0 Å². The van der Waals surface area contributed by atoms with E-state index in [2.05, 4.69) is 31.8 Å². The third-order valence-electron chi connectivity index (χ3n) is 12.0. The van der Waals surface area contributed by atoms with Crippen LogP contribution < -0.4 is 20.9 Å². The predicted molar refractivity (Wildman–Crippen MR) is 207 cm³/mol. The number of carbonyl (C=O) groups is 5. The van der Waals surface area contributed by atoms with Crippen molar-refractivity contribution in [2.45, 2.75) is 82.5 Å². The van der Waals surface area contributed by atoms with Crippen LogP contribution in [0.15, 0.2) is 54.6 Å². The molecule has 2 saturated heterocycles. The van der Waals surface area contributed by atoms with Gasteiger partial charge in [-0.25, -0.2) is 0 Å². The van der Waals surface area contributed by atoms with E-state index in [4.69, 9.17) is 16.9 Å². The molecule has 12 nitrogen and oxygen atoms in total. The number of nitrogens with zero attached hydrogens (tertiary/aromatic N) is 4. The molecule has 13 heteroatoms. The number of anilines is 2. The molecule has 4 heterocycles. The number of carbonyl (C=O) groups excluding carboxylic acids is 5. The van der Waals surface area contributed by atoms with Gasteiger partial charge in [-0.3, -0.25) is 39.1 Å². The maximum absolute atomic E-state index is 13.4. The molecule has 0 bridgehead atoms. The van der Waals surface area contributed by atoms with Gasteiger partial charge in [0, 0.05) is 68.2 Å². The van der Waals surface area contributed by atoms with Crippen LogP contribution in [0.5, 0.6) is 0 Å². The molecule has 3 aromatic carbocycles. The topological polar surface area (TPSA) is 155 Å². The van der Waals surface area contributed by atoms with E-state index in [1.165, 1.54) is 0 Å². The van der Waals surface area contributed by atoms with Crippen molar-refractivity contribution in [2.75, 3.05) is 36.4 Å². The lowest BCUT2D eigenvalue weighted by atomic mass is 9.90. The van der Waals surface area contributed by atoms with Crippen LogP contribution in [0.2, 0.25) is 5.02 Å². The van der Waals surface area contributed by atoms with Crippen LogP contribution in [0.1, 0.15) is 99.1 Å². The van der Waals surface area contributed by atoms with Gasteiger partial charge in [0.25, 0.3) is 17.7 Å². The third kappa shape index (κ3) is 7.68. The zero-order valence-electron chi connectivity index (χ0n) is 30.6. The van der Waals surface area contributed by atoms with Crippen molar-refractivity contribution in [3.63, 3.8) is 0 Å². The van der Waals surface area contributed by atoms with Gasteiger partial charge in [-0.05, 0) is 123 Å². The number of halogens is 1. The van der Waals surface area contributed by atoms with Crippen molar-refractivity contribution < 1.29 is 24.0 Å². The zero-order valence-corrected chi connectivity index (χ0v) is 31.4. The summed E-state index contributed by atoms with van der Waals surface area (Å²) >= 11 is 6.19. The molecule has 1 saturated carbocycles. The molecule has 55 heavy (non-hydrogen) atoms. The number of hydrogen-bond donors (Lipinski definition) is 3. The smallest absolute Gasteiger partial charge is 0.262 e. The lowest BCUT2D eigenvalue weighted by Crippen LogP contribution is -2.54. The Hall–Kier alpha value is -5.25. The molecule has 0 radical (unpaired) electrons. The van der Waals surface area contributed by atoms with E-state index in [0.29, 0.717) is 45.8 Å². The van der Waals surface area contributed by atoms with Crippen molar-refractivity contribution in [2.24, 2.45) is 5.92 Å². The summed E-state index contributed by atoms with van der Waals surface area (Å²) < 4.78 is 0. The van der Waals surface area contributed by atoms with Gasteiger partial charge in [-0.1, -0.05) is 11.6 Å². The lowest BCUT2D eigenvalue weighted by Gasteiger charge is -2.37. The second-order valence-electron chi connectivity index (χ2n) is 15.5. The normalized spacial score (nSPS) is 23.2. The number of rotatable bonds is 8. The summed E-state index contributed by atoms with van der Waals surface area (Å²) in [6, 6.07) is 18.6. The first-order chi connectivity index (χ1) is 26.6. The molecule has 5 aliphatic rings. The number of fused-ring (bicyclic) bond motifs is 2. The van der Waals surface area contributed by atoms with Crippen LogP contribution in [0.4, 0.5) is 11.4 Å². The number of nitrogens with one attached hydrogen (secondary N) is 3. The number of nitriles is 1. The first kappa shape index (κ1) is 36.7. The summed E-state index contributed by atoms with van der Waals surface area (Å²) in [5.41, 5.74) is 5.96. The highest BCUT2D eigenvalue weighted by atomic mass is 35.5. The van der Waals surface area contributed by atoms with E-state index in [1.807, 2.05) is 42.5 Å². The quantitative estimate of drug-likeness (QED) is 0.268. The Balaban J connectivity index is 0.787. The van der Waals surface area contributed by atoms with Crippen molar-refractivity contribution in [1.29, 1.82) is 5.26 Å². The van der Waals surface area contributed by atoms with E-state index in [-0.39, 0.29) is 30.7 Å². The molecule has 4 aliphatic heterocycles. The first-order valence-corrected chi connectivity index (χ1v) is 19.7. The van der Waals surface area contributed by atoms with E-state index < -0.39 is 23.8 Å². The molecule has 3 fully saturated rings.